The van der Waals surface area contributed by atoms with Gasteiger partial charge in [-0.2, -0.15) is 9.61 Å². The predicted molar refractivity (Wildman–Crippen MR) is 119 cm³/mol. The third-order valence-electron chi connectivity index (χ3n) is 4.84. The fourth-order valence-corrected chi connectivity index (χ4v) is 4.35. The van der Waals surface area contributed by atoms with Crippen LogP contribution >= 0.6 is 0 Å². The fraction of sp³-hybridized carbons (Fsp3) is 0. The van der Waals surface area contributed by atoms with Crippen LogP contribution in [-0.2, 0) is 10.0 Å². The lowest BCUT2D eigenvalue weighted by Gasteiger charge is -2.10. The smallest absolute Gasteiger partial charge is 0.261 e. The maximum Gasteiger partial charge on any atom is 0.261 e. The summed E-state index contributed by atoms with van der Waals surface area (Å²) in [6.07, 6.45) is 1.52. The third-order valence-corrected chi connectivity index (χ3v) is 6.24. The molecule has 0 fully saturated rings. The highest BCUT2D eigenvalue weighted by Crippen LogP contribution is 2.25. The number of rotatable bonds is 5. The Morgan fingerprint density at radius 1 is 0.742 bits per heavy atom. The van der Waals surface area contributed by atoms with E-state index in [1.807, 2.05) is 42.5 Å². The normalized spacial score (nSPS) is 11.5. The van der Waals surface area contributed by atoms with Crippen molar-refractivity contribution in [2.45, 2.75) is 4.90 Å². The van der Waals surface area contributed by atoms with Crippen molar-refractivity contribution in [3.05, 3.63) is 97.3 Å². The van der Waals surface area contributed by atoms with Gasteiger partial charge in [-0.15, -0.1) is 10.2 Å². The number of benzene rings is 3. The second-order valence-corrected chi connectivity index (χ2v) is 8.61. The lowest BCUT2D eigenvalue weighted by molar-refractivity contribution is 0.601. The van der Waals surface area contributed by atoms with Crippen LogP contribution in [0.5, 0.6) is 0 Å². The van der Waals surface area contributed by atoms with Crippen molar-refractivity contribution in [3.63, 3.8) is 0 Å². The molecule has 0 atom stereocenters. The highest BCUT2D eigenvalue weighted by atomic mass is 32.2. The van der Waals surface area contributed by atoms with Gasteiger partial charge in [-0.25, -0.2) is 8.42 Å². The molecule has 0 aliphatic heterocycles. The Morgan fingerprint density at radius 3 is 2.29 bits per heavy atom. The Hall–Kier alpha value is -4.04. The van der Waals surface area contributed by atoms with E-state index in [-0.39, 0.29) is 4.90 Å². The Balaban J connectivity index is 1.40. The standard InChI is InChI=1S/C23H17N5O2S/c29-31(30,21-11-9-18(10-12-21)17-5-2-1-3-6-17)27-20-8-4-7-19(15-20)22-13-14-23-25-24-16-28(23)26-22/h1-16,27H. The monoisotopic (exact) mass is 427 g/mol. The van der Waals surface area contributed by atoms with Gasteiger partial charge in [-0.3, -0.25) is 4.72 Å². The van der Waals surface area contributed by atoms with E-state index < -0.39 is 10.0 Å². The lowest BCUT2D eigenvalue weighted by Crippen LogP contribution is -2.12. The Bertz CT molecular complexity index is 1460. The van der Waals surface area contributed by atoms with Gasteiger partial charge >= 0.3 is 0 Å². The van der Waals surface area contributed by atoms with Gasteiger partial charge in [0, 0.05) is 11.3 Å². The molecule has 7 nitrogen and oxygen atoms in total. The number of nitrogens with one attached hydrogen (secondary N) is 1. The number of fused-ring (bicyclic) bond motifs is 1. The third kappa shape index (κ3) is 3.88. The van der Waals surface area contributed by atoms with Crippen molar-refractivity contribution in [2.24, 2.45) is 0 Å². The van der Waals surface area contributed by atoms with Crippen LogP contribution in [0.15, 0.2) is 102 Å². The Kier molecular flexibility index (Phi) is 4.68. The molecule has 0 saturated heterocycles. The molecule has 152 valence electrons. The van der Waals surface area contributed by atoms with E-state index in [1.54, 1.807) is 53.0 Å². The number of anilines is 1. The molecule has 0 aliphatic carbocycles. The fourth-order valence-electron chi connectivity index (χ4n) is 3.30. The van der Waals surface area contributed by atoms with E-state index in [4.69, 9.17) is 0 Å². The Morgan fingerprint density at radius 2 is 1.48 bits per heavy atom. The van der Waals surface area contributed by atoms with Crippen molar-refractivity contribution in [1.82, 2.24) is 19.8 Å². The van der Waals surface area contributed by atoms with E-state index >= 15 is 0 Å². The van der Waals surface area contributed by atoms with E-state index in [1.165, 1.54) is 6.33 Å². The number of hydrogen-bond acceptors (Lipinski definition) is 5. The minimum absolute atomic E-state index is 0.196. The molecule has 0 unspecified atom stereocenters. The van der Waals surface area contributed by atoms with Gasteiger partial charge in [0.15, 0.2) is 5.65 Å². The van der Waals surface area contributed by atoms with Crippen molar-refractivity contribution >= 4 is 21.4 Å². The number of hydrogen-bond donors (Lipinski definition) is 1. The molecule has 1 N–H and O–H groups in total. The van der Waals surface area contributed by atoms with Crippen LogP contribution in [0.1, 0.15) is 0 Å². The van der Waals surface area contributed by atoms with Crippen LogP contribution in [0, 0.1) is 0 Å². The Labute approximate surface area is 179 Å². The quantitative estimate of drug-likeness (QED) is 0.453. The summed E-state index contributed by atoms with van der Waals surface area (Å²) in [7, 11) is -3.73. The number of aromatic nitrogens is 4. The van der Waals surface area contributed by atoms with Crippen LogP contribution in [0.2, 0.25) is 0 Å². The summed E-state index contributed by atoms with van der Waals surface area (Å²) >= 11 is 0. The first-order valence-electron chi connectivity index (χ1n) is 9.54. The minimum Gasteiger partial charge on any atom is -0.280 e. The molecule has 2 heterocycles. The van der Waals surface area contributed by atoms with Gasteiger partial charge in [0.25, 0.3) is 10.0 Å². The maximum absolute atomic E-state index is 12.9. The van der Waals surface area contributed by atoms with Crippen LogP contribution in [0.4, 0.5) is 5.69 Å². The number of nitrogens with zero attached hydrogens (tertiary/aromatic N) is 4. The minimum atomic E-state index is -3.73. The summed E-state index contributed by atoms with van der Waals surface area (Å²) in [6.45, 7) is 0. The molecule has 31 heavy (non-hydrogen) atoms. The molecule has 8 heteroatoms. The van der Waals surface area contributed by atoms with E-state index in [0.29, 0.717) is 17.0 Å². The summed E-state index contributed by atoms with van der Waals surface area (Å²) in [5.41, 5.74) is 4.53. The first-order chi connectivity index (χ1) is 15.1. The van der Waals surface area contributed by atoms with Crippen LogP contribution in [-0.4, -0.2) is 28.2 Å². The zero-order valence-corrected chi connectivity index (χ0v) is 17.1. The average Bonchev–Trinajstić information content (AvgIpc) is 3.28. The van der Waals surface area contributed by atoms with Gasteiger partial charge < -0.3 is 0 Å². The molecule has 0 saturated carbocycles. The van der Waals surface area contributed by atoms with Gasteiger partial charge in [-0.1, -0.05) is 54.6 Å². The van der Waals surface area contributed by atoms with E-state index in [0.717, 1.165) is 16.7 Å². The summed E-state index contributed by atoms with van der Waals surface area (Å²) in [5.74, 6) is 0. The van der Waals surface area contributed by atoms with Crippen LogP contribution in [0.25, 0.3) is 28.0 Å². The van der Waals surface area contributed by atoms with Crippen molar-refractivity contribution in [3.8, 4) is 22.4 Å². The van der Waals surface area contributed by atoms with Gasteiger partial charge in [0.2, 0.25) is 0 Å². The van der Waals surface area contributed by atoms with Crippen LogP contribution in [0.3, 0.4) is 0 Å². The van der Waals surface area contributed by atoms with Gasteiger partial charge in [0.1, 0.15) is 6.33 Å². The predicted octanol–water partition coefficient (Wildman–Crippen LogP) is 4.26. The molecular weight excluding hydrogens is 410 g/mol. The molecule has 5 aromatic rings. The van der Waals surface area contributed by atoms with E-state index in [2.05, 4.69) is 20.0 Å². The highest BCUT2D eigenvalue weighted by molar-refractivity contribution is 7.92. The highest BCUT2D eigenvalue weighted by Gasteiger charge is 2.15. The molecule has 0 radical (unpaired) electrons. The lowest BCUT2D eigenvalue weighted by atomic mass is 10.1. The van der Waals surface area contributed by atoms with Crippen molar-refractivity contribution < 1.29 is 8.42 Å². The average molecular weight is 427 g/mol. The second-order valence-electron chi connectivity index (χ2n) is 6.93. The zero-order chi connectivity index (χ0) is 21.3. The van der Waals surface area contributed by atoms with Gasteiger partial charge in [0.05, 0.1) is 10.6 Å². The topological polar surface area (TPSA) is 89.2 Å². The number of sulfonamides is 1. The van der Waals surface area contributed by atoms with Gasteiger partial charge in [-0.05, 0) is 47.5 Å². The summed E-state index contributed by atoms with van der Waals surface area (Å²) in [5, 5.41) is 12.2. The molecular formula is C23H17N5O2S. The largest absolute Gasteiger partial charge is 0.280 e. The SMILES string of the molecule is O=S(=O)(Nc1cccc(-c2ccc3nncn3n2)c1)c1ccc(-c2ccccc2)cc1. The second kappa shape index (κ2) is 7.66. The first kappa shape index (κ1) is 19.0. The van der Waals surface area contributed by atoms with E-state index in [9.17, 15) is 8.42 Å². The molecule has 5 rings (SSSR count). The van der Waals surface area contributed by atoms with Crippen LogP contribution < -0.4 is 4.72 Å². The zero-order valence-electron chi connectivity index (χ0n) is 16.3. The summed E-state index contributed by atoms with van der Waals surface area (Å²) in [6, 6.07) is 27.4. The maximum atomic E-state index is 12.9. The molecule has 0 amide bonds. The molecule has 2 aromatic heterocycles. The van der Waals surface area contributed by atoms with Crippen molar-refractivity contribution in [1.29, 1.82) is 0 Å². The first-order valence-corrected chi connectivity index (χ1v) is 11.0. The molecule has 0 aliphatic rings. The van der Waals surface area contributed by atoms with Crippen molar-refractivity contribution in [2.75, 3.05) is 4.72 Å². The summed E-state index contributed by atoms with van der Waals surface area (Å²) in [4.78, 5) is 0.196. The summed E-state index contributed by atoms with van der Waals surface area (Å²) < 4.78 is 30.0. The molecule has 0 spiro atoms. The molecule has 0 bridgehead atoms. The molecule has 3 aromatic carbocycles.